The maximum Gasteiger partial charge on any atom is 0.353 e. The molecule has 8 nitrogen and oxygen atoms in total. The van der Waals surface area contributed by atoms with E-state index in [9.17, 15) is 10.1 Å². The van der Waals surface area contributed by atoms with Gasteiger partial charge in [0.2, 0.25) is 11.6 Å². The molecule has 1 aromatic heterocycles. The van der Waals surface area contributed by atoms with Gasteiger partial charge in [-0.3, -0.25) is 10.1 Å². The molecule has 1 aliphatic rings. The van der Waals surface area contributed by atoms with E-state index in [2.05, 4.69) is 20.2 Å². The fourth-order valence-electron chi connectivity index (χ4n) is 3.53. The van der Waals surface area contributed by atoms with Crippen LogP contribution in [0.5, 0.6) is 0 Å². The van der Waals surface area contributed by atoms with Gasteiger partial charge in [0.1, 0.15) is 6.33 Å². The Kier molecular flexibility index (Phi) is 5.94. The largest absolute Gasteiger partial charge is 0.368 e. The van der Waals surface area contributed by atoms with E-state index in [4.69, 9.17) is 11.6 Å². The topological polar surface area (TPSA) is 87.4 Å². The van der Waals surface area contributed by atoms with Crippen LogP contribution in [0.1, 0.15) is 5.56 Å². The van der Waals surface area contributed by atoms with Crippen LogP contribution >= 0.6 is 11.6 Å². The third-order valence-electron chi connectivity index (χ3n) is 5.04. The van der Waals surface area contributed by atoms with Crippen molar-refractivity contribution >= 4 is 34.6 Å². The first-order chi connectivity index (χ1) is 14.6. The Balaban J connectivity index is 1.50. The van der Waals surface area contributed by atoms with E-state index < -0.39 is 4.92 Å². The Hall–Kier alpha value is -3.39. The molecule has 1 fully saturated rings. The van der Waals surface area contributed by atoms with Crippen LogP contribution in [-0.2, 0) is 6.54 Å². The van der Waals surface area contributed by atoms with E-state index in [0.29, 0.717) is 43.6 Å². The van der Waals surface area contributed by atoms with Gasteiger partial charge >= 0.3 is 5.69 Å². The monoisotopic (exact) mass is 424 g/mol. The van der Waals surface area contributed by atoms with Gasteiger partial charge in [0.05, 0.1) is 4.92 Å². The minimum absolute atomic E-state index is 0.0929. The lowest BCUT2D eigenvalue weighted by Crippen LogP contribution is -2.47. The second-order valence-electron chi connectivity index (χ2n) is 6.94. The van der Waals surface area contributed by atoms with Crippen molar-refractivity contribution in [1.82, 2.24) is 9.97 Å². The highest BCUT2D eigenvalue weighted by atomic mass is 35.5. The van der Waals surface area contributed by atoms with Crippen molar-refractivity contribution in [3.63, 3.8) is 0 Å². The molecule has 1 aliphatic heterocycles. The second kappa shape index (κ2) is 8.96. The number of piperazine rings is 1. The van der Waals surface area contributed by atoms with E-state index in [1.54, 1.807) is 0 Å². The van der Waals surface area contributed by atoms with Crippen molar-refractivity contribution in [3.8, 4) is 0 Å². The Morgan fingerprint density at radius 2 is 1.73 bits per heavy atom. The Bertz CT molecular complexity index is 1030. The number of nitrogens with zero attached hydrogens (tertiary/aromatic N) is 5. The first-order valence-electron chi connectivity index (χ1n) is 9.64. The first kappa shape index (κ1) is 19.9. The zero-order chi connectivity index (χ0) is 20.9. The van der Waals surface area contributed by atoms with Crippen molar-refractivity contribution in [3.05, 3.63) is 81.6 Å². The highest BCUT2D eigenvalue weighted by molar-refractivity contribution is 6.30. The van der Waals surface area contributed by atoms with Crippen LogP contribution in [0.15, 0.2) is 60.9 Å². The van der Waals surface area contributed by atoms with Crippen molar-refractivity contribution in [2.75, 3.05) is 41.3 Å². The molecule has 0 spiro atoms. The molecule has 2 aromatic carbocycles. The Labute approximate surface area is 179 Å². The fraction of sp³-hybridized carbons (Fsp3) is 0.238. The zero-order valence-corrected chi connectivity index (χ0v) is 17.0. The first-order valence-corrected chi connectivity index (χ1v) is 10.0. The van der Waals surface area contributed by atoms with Gasteiger partial charge in [0.15, 0.2) is 0 Å². The van der Waals surface area contributed by atoms with E-state index in [1.165, 1.54) is 6.33 Å². The molecule has 0 aliphatic carbocycles. The summed E-state index contributed by atoms with van der Waals surface area (Å²) in [7, 11) is 0. The highest BCUT2D eigenvalue weighted by Gasteiger charge is 2.29. The van der Waals surface area contributed by atoms with Gasteiger partial charge in [-0.1, -0.05) is 48.0 Å². The molecular weight excluding hydrogens is 404 g/mol. The summed E-state index contributed by atoms with van der Waals surface area (Å²) in [5.74, 6) is 0.572. The number of hydrogen-bond donors (Lipinski definition) is 1. The molecule has 1 N–H and O–H groups in total. The summed E-state index contributed by atoms with van der Waals surface area (Å²) in [5.41, 5.74) is 1.97. The van der Waals surface area contributed by atoms with Gasteiger partial charge in [-0.25, -0.2) is 9.97 Å². The zero-order valence-electron chi connectivity index (χ0n) is 16.2. The van der Waals surface area contributed by atoms with Crippen LogP contribution in [-0.4, -0.2) is 41.1 Å². The molecule has 1 saturated heterocycles. The third-order valence-corrected chi connectivity index (χ3v) is 5.28. The van der Waals surface area contributed by atoms with E-state index >= 15 is 0 Å². The molecule has 154 valence electrons. The van der Waals surface area contributed by atoms with Gasteiger partial charge in [0.25, 0.3) is 0 Å². The minimum Gasteiger partial charge on any atom is -0.368 e. The molecule has 0 unspecified atom stereocenters. The lowest BCUT2D eigenvalue weighted by atomic mass is 10.2. The molecular formula is C21H21ClN6O2. The number of benzene rings is 2. The minimum atomic E-state index is -0.411. The fourth-order valence-corrected chi connectivity index (χ4v) is 3.71. The standard InChI is InChI=1S/C21H21ClN6O2/c22-17-7-4-8-18(13-17)26-9-11-27(12-10-26)21-19(28(29)30)20(24-15-25-21)23-14-16-5-2-1-3-6-16/h1-8,13,15H,9-12,14H2,(H,23,24,25). The molecule has 0 bridgehead atoms. The predicted octanol–water partition coefficient (Wildman–Crippen LogP) is 3.98. The van der Waals surface area contributed by atoms with Gasteiger partial charge in [0, 0.05) is 43.4 Å². The van der Waals surface area contributed by atoms with E-state index in [1.807, 2.05) is 59.5 Å². The number of aromatic nitrogens is 2. The maximum atomic E-state index is 11.9. The van der Waals surface area contributed by atoms with Crippen LogP contribution in [0.4, 0.5) is 23.0 Å². The summed E-state index contributed by atoms with van der Waals surface area (Å²) in [6.45, 7) is 3.11. The van der Waals surface area contributed by atoms with Gasteiger partial charge in [-0.15, -0.1) is 0 Å². The van der Waals surface area contributed by atoms with Gasteiger partial charge in [-0.2, -0.15) is 0 Å². The average Bonchev–Trinajstić information content (AvgIpc) is 2.78. The molecule has 3 aromatic rings. The number of rotatable bonds is 6. The van der Waals surface area contributed by atoms with E-state index in [-0.39, 0.29) is 11.5 Å². The normalized spacial score (nSPS) is 13.9. The van der Waals surface area contributed by atoms with Crippen LogP contribution in [0, 0.1) is 10.1 Å². The molecule has 9 heteroatoms. The van der Waals surface area contributed by atoms with Crippen LogP contribution in [0.2, 0.25) is 5.02 Å². The Morgan fingerprint density at radius 3 is 2.43 bits per heavy atom. The lowest BCUT2D eigenvalue weighted by Gasteiger charge is -2.36. The van der Waals surface area contributed by atoms with Gasteiger partial charge in [-0.05, 0) is 23.8 Å². The molecule has 2 heterocycles. The number of nitrogens with one attached hydrogen (secondary N) is 1. The average molecular weight is 425 g/mol. The number of nitro groups is 1. The van der Waals surface area contributed by atoms with Crippen molar-refractivity contribution in [2.45, 2.75) is 6.54 Å². The number of hydrogen-bond acceptors (Lipinski definition) is 7. The summed E-state index contributed by atoms with van der Waals surface area (Å²) in [5, 5.41) is 15.6. The van der Waals surface area contributed by atoms with Crippen molar-refractivity contribution in [2.24, 2.45) is 0 Å². The SMILES string of the molecule is O=[N+]([O-])c1c(NCc2ccccc2)ncnc1N1CCN(c2cccc(Cl)c2)CC1. The summed E-state index contributed by atoms with van der Waals surface area (Å²) < 4.78 is 0. The van der Waals surface area contributed by atoms with Crippen molar-refractivity contribution in [1.29, 1.82) is 0 Å². The maximum absolute atomic E-state index is 11.9. The van der Waals surface area contributed by atoms with E-state index in [0.717, 1.165) is 11.3 Å². The molecule has 0 atom stereocenters. The summed E-state index contributed by atoms with van der Waals surface area (Å²) in [4.78, 5) is 24.0. The predicted molar refractivity (Wildman–Crippen MR) is 118 cm³/mol. The summed E-state index contributed by atoms with van der Waals surface area (Å²) in [6, 6.07) is 17.4. The number of halogens is 1. The van der Waals surface area contributed by atoms with Crippen LogP contribution in [0.3, 0.4) is 0 Å². The molecule has 0 saturated carbocycles. The molecule has 30 heavy (non-hydrogen) atoms. The number of anilines is 3. The second-order valence-corrected chi connectivity index (χ2v) is 7.38. The molecule has 0 radical (unpaired) electrons. The lowest BCUT2D eigenvalue weighted by molar-refractivity contribution is -0.383. The third kappa shape index (κ3) is 4.44. The smallest absolute Gasteiger partial charge is 0.353 e. The van der Waals surface area contributed by atoms with Crippen LogP contribution < -0.4 is 15.1 Å². The Morgan fingerprint density at radius 1 is 1.00 bits per heavy atom. The quantitative estimate of drug-likeness (QED) is 0.473. The summed E-state index contributed by atoms with van der Waals surface area (Å²) >= 11 is 6.10. The van der Waals surface area contributed by atoms with Gasteiger partial charge < -0.3 is 15.1 Å². The van der Waals surface area contributed by atoms with Crippen molar-refractivity contribution < 1.29 is 4.92 Å². The van der Waals surface area contributed by atoms with Crippen LogP contribution in [0.25, 0.3) is 0 Å². The molecule has 0 amide bonds. The highest BCUT2D eigenvalue weighted by Crippen LogP contribution is 2.33. The molecule has 4 rings (SSSR count). The summed E-state index contributed by atoms with van der Waals surface area (Å²) in [6.07, 6.45) is 1.37.